The highest BCUT2D eigenvalue weighted by molar-refractivity contribution is 5.67. The maximum absolute atomic E-state index is 10.6. The monoisotopic (exact) mass is 237 g/mol. The number of carboxylic acid groups (broad SMARTS) is 1. The molecule has 0 spiro atoms. The molecule has 1 unspecified atom stereocenters. The highest BCUT2D eigenvalue weighted by Crippen LogP contribution is 2.27. The summed E-state index contributed by atoms with van der Waals surface area (Å²) in [6.45, 7) is 2.62. The fraction of sp³-hybridized carbons (Fsp3) is 0.462. The van der Waals surface area contributed by atoms with Crippen molar-refractivity contribution in [1.29, 1.82) is 0 Å². The minimum atomic E-state index is -0.758. The fourth-order valence-corrected chi connectivity index (χ4v) is 1.87. The molecular formula is C13H19NO3. The Morgan fingerprint density at radius 3 is 2.71 bits per heavy atom. The van der Waals surface area contributed by atoms with Gasteiger partial charge in [0.05, 0.1) is 12.8 Å². The van der Waals surface area contributed by atoms with E-state index in [9.17, 15) is 4.79 Å². The van der Waals surface area contributed by atoms with Gasteiger partial charge in [-0.05, 0) is 18.1 Å². The standard InChI is InChI=1S/C13H19NO3/c1-10(8-13(15)16)9-14(2)11-6-4-5-7-12(11)17-3/h4-7,10H,8-9H2,1-3H3,(H,15,16). The Labute approximate surface area is 102 Å². The van der Waals surface area contributed by atoms with Crippen molar-refractivity contribution in [3.63, 3.8) is 0 Å². The molecule has 0 radical (unpaired) electrons. The van der Waals surface area contributed by atoms with Crippen molar-refractivity contribution in [1.82, 2.24) is 0 Å². The second kappa shape index (κ2) is 6.13. The molecule has 94 valence electrons. The molecule has 4 nitrogen and oxygen atoms in total. The molecular weight excluding hydrogens is 218 g/mol. The van der Waals surface area contributed by atoms with Gasteiger partial charge >= 0.3 is 5.97 Å². The van der Waals surface area contributed by atoms with E-state index < -0.39 is 5.97 Å². The zero-order valence-corrected chi connectivity index (χ0v) is 10.5. The molecule has 1 N–H and O–H groups in total. The number of nitrogens with zero attached hydrogens (tertiary/aromatic N) is 1. The maximum atomic E-state index is 10.6. The summed E-state index contributed by atoms with van der Waals surface area (Å²) >= 11 is 0. The number of hydrogen-bond donors (Lipinski definition) is 1. The number of carbonyl (C=O) groups is 1. The van der Waals surface area contributed by atoms with Gasteiger partial charge in [-0.1, -0.05) is 19.1 Å². The molecule has 1 atom stereocenters. The number of ether oxygens (including phenoxy) is 1. The number of carboxylic acids is 1. The molecule has 0 aliphatic rings. The van der Waals surface area contributed by atoms with Crippen molar-refractivity contribution < 1.29 is 14.6 Å². The summed E-state index contributed by atoms with van der Waals surface area (Å²) in [5.74, 6) is 0.144. The number of benzene rings is 1. The number of rotatable bonds is 6. The Morgan fingerprint density at radius 2 is 2.12 bits per heavy atom. The lowest BCUT2D eigenvalue weighted by Gasteiger charge is -2.24. The third kappa shape index (κ3) is 3.98. The lowest BCUT2D eigenvalue weighted by Crippen LogP contribution is -2.25. The Hall–Kier alpha value is -1.71. The number of methoxy groups -OCH3 is 1. The summed E-state index contributed by atoms with van der Waals surface area (Å²) < 4.78 is 5.27. The van der Waals surface area contributed by atoms with Gasteiger partial charge in [-0.3, -0.25) is 4.79 Å². The van der Waals surface area contributed by atoms with Crippen molar-refractivity contribution in [2.24, 2.45) is 5.92 Å². The summed E-state index contributed by atoms with van der Waals surface area (Å²) in [5.41, 5.74) is 0.979. The number of hydrogen-bond acceptors (Lipinski definition) is 3. The third-order valence-corrected chi connectivity index (χ3v) is 2.61. The van der Waals surface area contributed by atoms with E-state index in [0.717, 1.165) is 11.4 Å². The van der Waals surface area contributed by atoms with Crippen LogP contribution in [-0.2, 0) is 4.79 Å². The molecule has 1 aromatic carbocycles. The van der Waals surface area contributed by atoms with E-state index in [4.69, 9.17) is 9.84 Å². The topological polar surface area (TPSA) is 49.8 Å². The fourth-order valence-electron chi connectivity index (χ4n) is 1.87. The summed E-state index contributed by atoms with van der Waals surface area (Å²) in [6, 6.07) is 7.72. The lowest BCUT2D eigenvalue weighted by atomic mass is 10.1. The van der Waals surface area contributed by atoms with Gasteiger partial charge in [0.15, 0.2) is 0 Å². The molecule has 4 heteroatoms. The molecule has 1 aromatic rings. The van der Waals surface area contributed by atoms with Crippen molar-refractivity contribution in [3.05, 3.63) is 24.3 Å². The second-order valence-electron chi connectivity index (χ2n) is 4.26. The van der Waals surface area contributed by atoms with Gasteiger partial charge in [0.2, 0.25) is 0 Å². The first-order chi connectivity index (χ1) is 8.04. The first kappa shape index (κ1) is 13.4. The summed E-state index contributed by atoms with van der Waals surface area (Å²) in [4.78, 5) is 12.6. The van der Waals surface area contributed by atoms with Crippen molar-refractivity contribution in [3.8, 4) is 5.75 Å². The van der Waals surface area contributed by atoms with E-state index in [1.807, 2.05) is 43.1 Å². The molecule has 17 heavy (non-hydrogen) atoms. The summed E-state index contributed by atoms with van der Waals surface area (Å²) in [6.07, 6.45) is 0.180. The Bertz CT molecular complexity index is 379. The Morgan fingerprint density at radius 1 is 1.47 bits per heavy atom. The van der Waals surface area contributed by atoms with Crippen LogP contribution in [0.4, 0.5) is 5.69 Å². The van der Waals surface area contributed by atoms with Crippen molar-refractivity contribution in [2.75, 3.05) is 25.6 Å². The van der Waals surface area contributed by atoms with Gasteiger partial charge in [0, 0.05) is 20.0 Å². The first-order valence-electron chi connectivity index (χ1n) is 5.60. The first-order valence-corrected chi connectivity index (χ1v) is 5.60. The average molecular weight is 237 g/mol. The van der Waals surface area contributed by atoms with E-state index in [1.165, 1.54) is 0 Å². The average Bonchev–Trinajstić information content (AvgIpc) is 2.27. The zero-order chi connectivity index (χ0) is 12.8. The van der Waals surface area contributed by atoms with E-state index >= 15 is 0 Å². The van der Waals surface area contributed by atoms with E-state index in [-0.39, 0.29) is 12.3 Å². The minimum absolute atomic E-state index is 0.0995. The summed E-state index contributed by atoms with van der Waals surface area (Å²) in [5, 5.41) is 8.72. The van der Waals surface area contributed by atoms with Crippen LogP contribution in [-0.4, -0.2) is 31.8 Å². The third-order valence-electron chi connectivity index (χ3n) is 2.61. The Balaban J connectivity index is 2.69. The molecule has 1 rings (SSSR count). The SMILES string of the molecule is COc1ccccc1N(C)CC(C)CC(=O)O. The van der Waals surface area contributed by atoms with Crippen LogP contribution in [0.3, 0.4) is 0 Å². The van der Waals surface area contributed by atoms with E-state index in [0.29, 0.717) is 6.54 Å². The maximum Gasteiger partial charge on any atom is 0.303 e. The molecule has 0 heterocycles. The van der Waals surface area contributed by atoms with Crippen molar-refractivity contribution >= 4 is 11.7 Å². The Kier molecular flexibility index (Phi) is 4.82. The molecule has 0 fully saturated rings. The van der Waals surface area contributed by atoms with Gasteiger partial charge in [0.25, 0.3) is 0 Å². The summed E-state index contributed by atoms with van der Waals surface area (Å²) in [7, 11) is 3.57. The van der Waals surface area contributed by atoms with Crippen molar-refractivity contribution in [2.45, 2.75) is 13.3 Å². The van der Waals surface area contributed by atoms with Gasteiger partial charge in [-0.25, -0.2) is 0 Å². The van der Waals surface area contributed by atoms with Gasteiger partial charge in [-0.2, -0.15) is 0 Å². The minimum Gasteiger partial charge on any atom is -0.495 e. The van der Waals surface area contributed by atoms with Crippen LogP contribution in [0.1, 0.15) is 13.3 Å². The molecule has 0 aromatic heterocycles. The molecule has 0 bridgehead atoms. The van der Waals surface area contributed by atoms with Crippen LogP contribution >= 0.6 is 0 Å². The van der Waals surface area contributed by atoms with Crippen LogP contribution in [0.5, 0.6) is 5.75 Å². The smallest absolute Gasteiger partial charge is 0.303 e. The number of para-hydroxylation sites is 2. The van der Waals surface area contributed by atoms with Crippen LogP contribution in [0.2, 0.25) is 0 Å². The predicted octanol–water partition coefficient (Wildman–Crippen LogP) is 2.24. The predicted molar refractivity (Wildman–Crippen MR) is 67.7 cm³/mol. The molecule has 0 aliphatic heterocycles. The highest BCUT2D eigenvalue weighted by atomic mass is 16.5. The quantitative estimate of drug-likeness (QED) is 0.824. The van der Waals surface area contributed by atoms with Gasteiger partial charge in [-0.15, -0.1) is 0 Å². The van der Waals surface area contributed by atoms with Crippen LogP contribution in [0.25, 0.3) is 0 Å². The van der Waals surface area contributed by atoms with Crippen LogP contribution in [0, 0.1) is 5.92 Å². The second-order valence-corrected chi connectivity index (χ2v) is 4.26. The number of anilines is 1. The molecule has 0 aliphatic carbocycles. The van der Waals surface area contributed by atoms with Gasteiger partial charge in [0.1, 0.15) is 5.75 Å². The molecule has 0 amide bonds. The normalized spacial score (nSPS) is 11.9. The highest BCUT2D eigenvalue weighted by Gasteiger charge is 2.13. The zero-order valence-electron chi connectivity index (χ0n) is 10.5. The van der Waals surface area contributed by atoms with Crippen LogP contribution < -0.4 is 9.64 Å². The largest absolute Gasteiger partial charge is 0.495 e. The molecule has 0 saturated heterocycles. The van der Waals surface area contributed by atoms with E-state index in [1.54, 1.807) is 7.11 Å². The lowest BCUT2D eigenvalue weighted by molar-refractivity contribution is -0.137. The van der Waals surface area contributed by atoms with Gasteiger partial charge < -0.3 is 14.7 Å². The van der Waals surface area contributed by atoms with Crippen LogP contribution in [0.15, 0.2) is 24.3 Å². The van der Waals surface area contributed by atoms with E-state index in [2.05, 4.69) is 0 Å². The number of aliphatic carboxylic acids is 1. The molecule has 0 saturated carbocycles.